The molecule has 0 spiro atoms. The Kier molecular flexibility index (Phi) is 5.89. The number of alkyl halides is 3. The van der Waals surface area contributed by atoms with E-state index in [4.69, 9.17) is 16.3 Å². The SMILES string of the molecule is O=C(C=Cc1ccc(Cl)c(C(F)(F)F)c1)NCC1CN2CCCC2CO1. The van der Waals surface area contributed by atoms with Crippen LogP contribution in [0.1, 0.15) is 24.0 Å². The number of benzene rings is 1. The van der Waals surface area contributed by atoms with Gasteiger partial charge in [-0.3, -0.25) is 9.69 Å². The van der Waals surface area contributed by atoms with Crippen LogP contribution in [0.5, 0.6) is 0 Å². The second-order valence-electron chi connectivity index (χ2n) is 6.56. The normalized spacial score (nSPS) is 24.0. The monoisotopic (exact) mass is 388 g/mol. The number of morpholine rings is 1. The minimum atomic E-state index is -4.53. The summed E-state index contributed by atoms with van der Waals surface area (Å²) in [5.74, 6) is -0.374. The van der Waals surface area contributed by atoms with Crippen LogP contribution in [0.25, 0.3) is 6.08 Å². The molecule has 2 fully saturated rings. The number of carbonyl (C=O) groups excluding carboxylic acids is 1. The van der Waals surface area contributed by atoms with E-state index in [1.807, 2.05) is 0 Å². The van der Waals surface area contributed by atoms with Crippen molar-refractivity contribution in [3.05, 3.63) is 40.4 Å². The Morgan fingerprint density at radius 1 is 1.42 bits per heavy atom. The van der Waals surface area contributed by atoms with Crippen molar-refractivity contribution >= 4 is 23.6 Å². The van der Waals surface area contributed by atoms with Crippen LogP contribution in [-0.4, -0.2) is 49.2 Å². The molecule has 2 saturated heterocycles. The number of rotatable bonds is 4. The summed E-state index contributed by atoms with van der Waals surface area (Å²) in [6.07, 6.45) is 0.285. The topological polar surface area (TPSA) is 41.6 Å². The predicted molar refractivity (Wildman–Crippen MR) is 92.8 cm³/mol. The lowest BCUT2D eigenvalue weighted by Crippen LogP contribution is -2.49. The van der Waals surface area contributed by atoms with Crippen LogP contribution in [0.2, 0.25) is 5.02 Å². The maximum absolute atomic E-state index is 12.8. The van der Waals surface area contributed by atoms with Gasteiger partial charge in [0.1, 0.15) is 0 Å². The van der Waals surface area contributed by atoms with Gasteiger partial charge < -0.3 is 10.1 Å². The van der Waals surface area contributed by atoms with Crippen LogP contribution < -0.4 is 5.32 Å². The standard InChI is InChI=1S/C18H20ClF3N2O2/c19-16-5-3-12(8-15(16)18(20,21)22)4-6-17(25)23-9-14-10-24-7-1-2-13(24)11-26-14/h3-6,8,13-14H,1-2,7,9-11H2,(H,23,25). The molecule has 1 aromatic carbocycles. The third-order valence-corrected chi connectivity index (χ3v) is 5.02. The highest BCUT2D eigenvalue weighted by atomic mass is 35.5. The number of carbonyl (C=O) groups is 1. The molecule has 3 rings (SSSR count). The molecule has 2 aliphatic rings. The zero-order valence-corrected chi connectivity index (χ0v) is 14.8. The summed E-state index contributed by atoms with van der Waals surface area (Å²) < 4.78 is 44.3. The number of nitrogens with zero attached hydrogens (tertiary/aromatic N) is 1. The molecule has 2 atom stereocenters. The summed E-state index contributed by atoms with van der Waals surface area (Å²) in [7, 11) is 0. The molecule has 1 amide bonds. The molecular weight excluding hydrogens is 369 g/mol. The van der Waals surface area contributed by atoms with Crippen LogP contribution in [0.4, 0.5) is 13.2 Å². The maximum atomic E-state index is 12.8. The minimum absolute atomic E-state index is 0.0611. The number of halogens is 4. The number of ether oxygens (including phenoxy) is 1. The summed E-state index contributed by atoms with van der Waals surface area (Å²) in [5.41, 5.74) is -0.664. The van der Waals surface area contributed by atoms with Gasteiger partial charge in [-0.2, -0.15) is 13.2 Å². The first-order chi connectivity index (χ1) is 12.3. The third-order valence-electron chi connectivity index (χ3n) is 4.69. The fourth-order valence-electron chi connectivity index (χ4n) is 3.32. The highest BCUT2D eigenvalue weighted by molar-refractivity contribution is 6.31. The predicted octanol–water partition coefficient (Wildman–Crippen LogP) is 3.35. The van der Waals surface area contributed by atoms with E-state index in [0.717, 1.165) is 25.6 Å². The molecule has 2 aliphatic heterocycles. The molecule has 142 valence electrons. The van der Waals surface area contributed by atoms with Gasteiger partial charge in [0.2, 0.25) is 5.91 Å². The van der Waals surface area contributed by atoms with E-state index >= 15 is 0 Å². The van der Waals surface area contributed by atoms with Crippen LogP contribution in [0, 0.1) is 0 Å². The van der Waals surface area contributed by atoms with Crippen LogP contribution >= 0.6 is 11.6 Å². The zero-order chi connectivity index (χ0) is 18.7. The molecule has 0 saturated carbocycles. The Bertz CT molecular complexity index is 694. The molecule has 26 heavy (non-hydrogen) atoms. The summed E-state index contributed by atoms with van der Waals surface area (Å²) >= 11 is 5.58. The molecule has 2 heterocycles. The fourth-order valence-corrected chi connectivity index (χ4v) is 3.54. The van der Waals surface area contributed by atoms with Gasteiger partial charge in [-0.15, -0.1) is 0 Å². The Morgan fingerprint density at radius 2 is 2.23 bits per heavy atom. The molecule has 2 unspecified atom stereocenters. The average molecular weight is 389 g/mol. The van der Waals surface area contributed by atoms with E-state index in [0.29, 0.717) is 19.2 Å². The molecule has 0 bridgehead atoms. The van der Waals surface area contributed by atoms with Gasteiger partial charge in [-0.25, -0.2) is 0 Å². The van der Waals surface area contributed by atoms with Gasteiger partial charge in [0.25, 0.3) is 0 Å². The molecule has 0 aliphatic carbocycles. The average Bonchev–Trinajstić information content (AvgIpc) is 3.06. The van der Waals surface area contributed by atoms with E-state index in [9.17, 15) is 18.0 Å². The Labute approximate surface area is 154 Å². The lowest BCUT2D eigenvalue weighted by atomic mass is 10.1. The second kappa shape index (κ2) is 7.98. The van der Waals surface area contributed by atoms with E-state index < -0.39 is 11.7 Å². The van der Waals surface area contributed by atoms with Gasteiger partial charge in [0.05, 0.1) is 23.3 Å². The molecule has 0 aromatic heterocycles. The summed E-state index contributed by atoms with van der Waals surface area (Å²) in [5, 5.41) is 2.37. The van der Waals surface area contributed by atoms with Gasteiger partial charge in [-0.1, -0.05) is 17.7 Å². The number of amides is 1. The molecular formula is C18H20ClF3N2O2. The second-order valence-corrected chi connectivity index (χ2v) is 6.97. The number of nitrogens with one attached hydrogen (secondary N) is 1. The number of hydrogen-bond acceptors (Lipinski definition) is 3. The smallest absolute Gasteiger partial charge is 0.373 e. The maximum Gasteiger partial charge on any atom is 0.417 e. The first-order valence-corrected chi connectivity index (χ1v) is 8.89. The Balaban J connectivity index is 1.52. The quantitative estimate of drug-likeness (QED) is 0.804. The lowest BCUT2D eigenvalue weighted by Gasteiger charge is -2.35. The van der Waals surface area contributed by atoms with Crippen LogP contribution in [0.15, 0.2) is 24.3 Å². The Morgan fingerprint density at radius 3 is 3.00 bits per heavy atom. The number of fused-ring (bicyclic) bond motifs is 1. The van der Waals surface area contributed by atoms with E-state index in [1.54, 1.807) is 0 Å². The first kappa shape index (κ1) is 19.2. The van der Waals surface area contributed by atoms with E-state index in [1.165, 1.54) is 30.7 Å². The highest BCUT2D eigenvalue weighted by Gasteiger charge is 2.33. The van der Waals surface area contributed by atoms with Crippen molar-refractivity contribution in [3.8, 4) is 0 Å². The van der Waals surface area contributed by atoms with Gasteiger partial charge >= 0.3 is 6.18 Å². The van der Waals surface area contributed by atoms with Gasteiger partial charge in [0, 0.05) is 25.2 Å². The summed E-state index contributed by atoms with van der Waals surface area (Å²) in [6, 6.07) is 4.02. The van der Waals surface area contributed by atoms with Crippen LogP contribution in [-0.2, 0) is 15.7 Å². The van der Waals surface area contributed by atoms with Crippen LogP contribution in [0.3, 0.4) is 0 Å². The van der Waals surface area contributed by atoms with Gasteiger partial charge in [-0.05, 0) is 43.2 Å². The van der Waals surface area contributed by atoms with Crippen molar-refractivity contribution in [2.45, 2.75) is 31.2 Å². The molecule has 4 nitrogen and oxygen atoms in total. The molecule has 0 radical (unpaired) electrons. The van der Waals surface area contributed by atoms with E-state index in [-0.39, 0.29) is 22.6 Å². The van der Waals surface area contributed by atoms with Gasteiger partial charge in [0.15, 0.2) is 0 Å². The molecule has 1 N–H and O–H groups in total. The van der Waals surface area contributed by atoms with Crippen molar-refractivity contribution in [1.29, 1.82) is 0 Å². The van der Waals surface area contributed by atoms with Crippen molar-refractivity contribution in [1.82, 2.24) is 10.2 Å². The summed E-state index contributed by atoms with van der Waals surface area (Å²) in [6.45, 7) is 2.92. The van der Waals surface area contributed by atoms with Crippen molar-refractivity contribution in [2.24, 2.45) is 0 Å². The third kappa shape index (κ3) is 4.78. The molecule has 8 heteroatoms. The first-order valence-electron chi connectivity index (χ1n) is 8.51. The minimum Gasteiger partial charge on any atom is -0.373 e. The largest absolute Gasteiger partial charge is 0.417 e. The Hall–Kier alpha value is -1.57. The van der Waals surface area contributed by atoms with E-state index in [2.05, 4.69) is 10.2 Å². The summed E-state index contributed by atoms with van der Waals surface area (Å²) in [4.78, 5) is 14.3. The number of hydrogen-bond donors (Lipinski definition) is 1. The molecule has 1 aromatic rings. The zero-order valence-electron chi connectivity index (χ0n) is 14.1. The van der Waals surface area contributed by atoms with Crippen molar-refractivity contribution < 1.29 is 22.7 Å². The van der Waals surface area contributed by atoms with Crippen molar-refractivity contribution in [3.63, 3.8) is 0 Å². The highest BCUT2D eigenvalue weighted by Crippen LogP contribution is 2.35. The van der Waals surface area contributed by atoms with Crippen molar-refractivity contribution in [2.75, 3.05) is 26.2 Å². The lowest BCUT2D eigenvalue weighted by molar-refractivity contribution is -0.137. The fraction of sp³-hybridized carbons (Fsp3) is 0.500.